The summed E-state index contributed by atoms with van der Waals surface area (Å²) >= 11 is 0. The largest absolute Gasteiger partial charge is 0.381 e. The minimum absolute atomic E-state index is 0.00752. The van der Waals surface area contributed by atoms with Gasteiger partial charge in [-0.3, -0.25) is 19.5 Å². The minimum atomic E-state index is -0.863. The number of rotatable bonds is 7. The van der Waals surface area contributed by atoms with E-state index in [1.807, 2.05) is 30.3 Å². The van der Waals surface area contributed by atoms with Crippen molar-refractivity contribution in [2.75, 3.05) is 31.8 Å². The molecule has 0 bridgehead atoms. The molecule has 2 aromatic rings. The summed E-state index contributed by atoms with van der Waals surface area (Å²) in [7, 11) is 1.65. The summed E-state index contributed by atoms with van der Waals surface area (Å²) in [4.78, 5) is 33.9. The molecule has 2 amide bonds. The first kappa shape index (κ1) is 26.3. The number of anilines is 1. The van der Waals surface area contributed by atoms with Gasteiger partial charge in [0.25, 0.3) is 0 Å². The summed E-state index contributed by atoms with van der Waals surface area (Å²) < 4.78 is 11.0. The Morgan fingerprint density at radius 3 is 2.47 bits per heavy atom. The molecule has 2 saturated heterocycles. The number of benzene rings is 1. The highest BCUT2D eigenvalue weighted by Crippen LogP contribution is 2.32. The van der Waals surface area contributed by atoms with Crippen molar-refractivity contribution < 1.29 is 19.1 Å². The molecule has 0 saturated carbocycles. The number of carbonyl (C=O) groups excluding carboxylic acids is 2. The van der Waals surface area contributed by atoms with Gasteiger partial charge in [-0.05, 0) is 48.4 Å². The van der Waals surface area contributed by atoms with Gasteiger partial charge < -0.3 is 20.1 Å². The van der Waals surface area contributed by atoms with Gasteiger partial charge in [-0.15, -0.1) is 0 Å². The zero-order valence-corrected chi connectivity index (χ0v) is 21.7. The van der Waals surface area contributed by atoms with Gasteiger partial charge in [0.2, 0.25) is 11.8 Å². The second kappa shape index (κ2) is 11.5. The maximum absolute atomic E-state index is 14.1. The molecule has 8 nitrogen and oxygen atoms in total. The van der Waals surface area contributed by atoms with E-state index >= 15 is 0 Å². The molecule has 3 heterocycles. The fourth-order valence-corrected chi connectivity index (χ4v) is 4.84. The smallest absolute Gasteiger partial charge is 0.248 e. The van der Waals surface area contributed by atoms with E-state index in [0.29, 0.717) is 37.4 Å². The van der Waals surface area contributed by atoms with Crippen molar-refractivity contribution in [3.63, 3.8) is 0 Å². The van der Waals surface area contributed by atoms with Crippen LogP contribution in [0, 0.1) is 0 Å². The Morgan fingerprint density at radius 1 is 1.17 bits per heavy atom. The fourth-order valence-electron chi connectivity index (χ4n) is 4.84. The van der Waals surface area contributed by atoms with Gasteiger partial charge in [0.1, 0.15) is 6.04 Å². The summed E-state index contributed by atoms with van der Waals surface area (Å²) in [5, 5.41) is 6.47. The summed E-state index contributed by atoms with van der Waals surface area (Å²) in [6.45, 7) is 8.28. The summed E-state index contributed by atoms with van der Waals surface area (Å²) in [5.74, 6) is -0.376. The van der Waals surface area contributed by atoms with Crippen LogP contribution in [-0.4, -0.2) is 61.9 Å². The zero-order valence-electron chi connectivity index (χ0n) is 21.7. The Hall–Kier alpha value is -2.81. The quantitative estimate of drug-likeness (QED) is 0.615. The lowest BCUT2D eigenvalue weighted by atomic mass is 9.87. The summed E-state index contributed by atoms with van der Waals surface area (Å²) in [5.41, 5.74) is 2.46. The Kier molecular flexibility index (Phi) is 8.39. The maximum atomic E-state index is 14.1. The van der Waals surface area contributed by atoms with Gasteiger partial charge in [-0.2, -0.15) is 0 Å². The van der Waals surface area contributed by atoms with Crippen molar-refractivity contribution in [1.82, 2.24) is 15.6 Å². The molecule has 2 N–H and O–H groups in total. The number of hydrogen-bond acceptors (Lipinski definition) is 6. The van der Waals surface area contributed by atoms with Crippen LogP contribution in [0.4, 0.5) is 5.69 Å². The third kappa shape index (κ3) is 6.11. The number of nitrogens with zero attached hydrogens (tertiary/aromatic N) is 2. The highest BCUT2D eigenvalue weighted by atomic mass is 16.5. The monoisotopic (exact) mass is 494 g/mol. The maximum Gasteiger partial charge on any atom is 0.248 e. The molecule has 36 heavy (non-hydrogen) atoms. The van der Waals surface area contributed by atoms with Crippen molar-refractivity contribution in [1.29, 1.82) is 0 Å². The Bertz CT molecular complexity index is 1020. The molecule has 1 aromatic heterocycles. The highest BCUT2D eigenvalue weighted by Gasteiger charge is 2.40. The molecule has 3 unspecified atom stereocenters. The highest BCUT2D eigenvalue weighted by molar-refractivity contribution is 6.04. The fraction of sp³-hybridized carbons (Fsp3) is 0.536. The van der Waals surface area contributed by atoms with Gasteiger partial charge in [0, 0.05) is 56.6 Å². The van der Waals surface area contributed by atoms with Gasteiger partial charge >= 0.3 is 0 Å². The average Bonchev–Trinajstić information content (AvgIpc) is 3.37. The van der Waals surface area contributed by atoms with Crippen molar-refractivity contribution in [3.05, 3.63) is 59.9 Å². The molecule has 2 aliphatic rings. The first-order valence-corrected chi connectivity index (χ1v) is 12.8. The normalized spacial score (nSPS) is 21.7. The second-order valence-electron chi connectivity index (χ2n) is 10.6. The van der Waals surface area contributed by atoms with Crippen LogP contribution >= 0.6 is 0 Å². The number of ether oxygens (including phenoxy) is 2. The molecule has 2 fully saturated rings. The van der Waals surface area contributed by atoms with Crippen LogP contribution in [0.25, 0.3) is 0 Å². The molecule has 1 aromatic carbocycles. The predicted molar refractivity (Wildman–Crippen MR) is 139 cm³/mol. The molecule has 4 rings (SSSR count). The molecule has 8 heteroatoms. The van der Waals surface area contributed by atoms with E-state index in [0.717, 1.165) is 18.4 Å². The second-order valence-corrected chi connectivity index (χ2v) is 10.6. The summed E-state index contributed by atoms with van der Waals surface area (Å²) in [6.07, 6.45) is 5.34. The molecule has 2 aliphatic heterocycles. The average molecular weight is 495 g/mol. The topological polar surface area (TPSA) is 92.8 Å². The molecule has 3 atom stereocenters. The number of hydrogen-bond donors (Lipinski definition) is 2. The number of methoxy groups -OCH3 is 1. The number of nitrogens with one attached hydrogen (secondary N) is 2. The number of amides is 2. The lowest BCUT2D eigenvalue weighted by molar-refractivity contribution is -0.128. The molecule has 194 valence electrons. The third-order valence-corrected chi connectivity index (χ3v) is 7.05. The van der Waals surface area contributed by atoms with Crippen LogP contribution in [0.15, 0.2) is 48.8 Å². The molecule has 0 aliphatic carbocycles. The molecule has 0 spiro atoms. The van der Waals surface area contributed by atoms with Gasteiger partial charge in [0.05, 0.1) is 12.1 Å². The number of carbonyl (C=O) groups is 2. The van der Waals surface area contributed by atoms with Crippen molar-refractivity contribution >= 4 is 17.5 Å². The van der Waals surface area contributed by atoms with E-state index in [1.54, 1.807) is 30.5 Å². The minimum Gasteiger partial charge on any atom is -0.381 e. The van der Waals surface area contributed by atoms with E-state index in [2.05, 4.69) is 36.4 Å². The van der Waals surface area contributed by atoms with E-state index in [-0.39, 0.29) is 29.4 Å². The third-order valence-electron chi connectivity index (χ3n) is 7.05. The SMILES string of the molecule is COC1CNC(C(=O)N(c2ccc(C(C)(C)C)cc2)C(C(=O)NC2CCOCC2)c2cccnc2)C1. The summed E-state index contributed by atoms with van der Waals surface area (Å²) in [6, 6.07) is 10.3. The molecular weight excluding hydrogens is 456 g/mol. The van der Waals surface area contributed by atoms with E-state index in [1.165, 1.54) is 0 Å². The van der Waals surface area contributed by atoms with Crippen molar-refractivity contribution in [2.24, 2.45) is 0 Å². The lowest BCUT2D eigenvalue weighted by Crippen LogP contribution is -2.52. The Morgan fingerprint density at radius 2 is 1.89 bits per heavy atom. The Balaban J connectivity index is 1.73. The number of pyridine rings is 1. The molecule has 0 radical (unpaired) electrons. The molecular formula is C28H38N4O4. The van der Waals surface area contributed by atoms with Crippen LogP contribution in [0.5, 0.6) is 0 Å². The van der Waals surface area contributed by atoms with Gasteiger partial charge in [0.15, 0.2) is 0 Å². The standard InChI is InChI=1S/C28H38N4O4/c1-28(2,3)20-7-9-22(10-8-20)32(27(34)24-16-23(35-4)18-30-24)25(19-6-5-13-29-17-19)26(33)31-21-11-14-36-15-12-21/h5-10,13,17,21,23-25,30H,11-12,14-16,18H2,1-4H3,(H,31,33). The van der Waals surface area contributed by atoms with Crippen LogP contribution < -0.4 is 15.5 Å². The predicted octanol–water partition coefficient (Wildman–Crippen LogP) is 3.13. The van der Waals surface area contributed by atoms with Crippen LogP contribution in [0.2, 0.25) is 0 Å². The van der Waals surface area contributed by atoms with E-state index < -0.39 is 12.1 Å². The van der Waals surface area contributed by atoms with Crippen LogP contribution in [0.3, 0.4) is 0 Å². The van der Waals surface area contributed by atoms with Gasteiger partial charge in [-0.1, -0.05) is 39.0 Å². The van der Waals surface area contributed by atoms with Crippen molar-refractivity contribution in [3.8, 4) is 0 Å². The lowest BCUT2D eigenvalue weighted by Gasteiger charge is -2.35. The van der Waals surface area contributed by atoms with Crippen LogP contribution in [-0.2, 0) is 24.5 Å². The van der Waals surface area contributed by atoms with E-state index in [9.17, 15) is 9.59 Å². The van der Waals surface area contributed by atoms with Gasteiger partial charge in [-0.25, -0.2) is 0 Å². The van der Waals surface area contributed by atoms with Crippen LogP contribution in [0.1, 0.15) is 57.2 Å². The first-order valence-electron chi connectivity index (χ1n) is 12.8. The first-order chi connectivity index (χ1) is 17.3. The number of aromatic nitrogens is 1. The Labute approximate surface area is 213 Å². The van der Waals surface area contributed by atoms with Crippen molar-refractivity contribution in [2.45, 2.75) is 69.7 Å². The van der Waals surface area contributed by atoms with E-state index in [4.69, 9.17) is 9.47 Å². The zero-order chi connectivity index (χ0) is 25.7.